The lowest BCUT2D eigenvalue weighted by Crippen LogP contribution is -2.42. The van der Waals surface area contributed by atoms with E-state index >= 15 is 0 Å². The van der Waals surface area contributed by atoms with Crippen molar-refractivity contribution in [2.45, 2.75) is 12.5 Å². The van der Waals surface area contributed by atoms with Crippen molar-refractivity contribution in [2.75, 3.05) is 23.5 Å². The van der Waals surface area contributed by atoms with Crippen molar-refractivity contribution >= 4 is 81.6 Å². The summed E-state index contributed by atoms with van der Waals surface area (Å²) in [5.74, 6) is -2.39. The third kappa shape index (κ3) is 5.44. The molecule has 13 heteroatoms. The predicted octanol–water partition coefficient (Wildman–Crippen LogP) is 5.27. The van der Waals surface area contributed by atoms with Crippen molar-refractivity contribution in [1.82, 2.24) is 0 Å². The van der Waals surface area contributed by atoms with Crippen LogP contribution < -0.4 is 9.80 Å². The number of carbonyl (C=O) groups excluding carboxylic acids is 4. The highest BCUT2D eigenvalue weighted by atomic mass is 35.5. The molecule has 8 nitrogen and oxygen atoms in total. The number of hydrogen-bond acceptors (Lipinski definition) is 6. The minimum atomic E-state index is -1.33. The smallest absolute Gasteiger partial charge is 0.422 e. The minimum Gasteiger partial charge on any atom is -0.430 e. The van der Waals surface area contributed by atoms with E-state index in [2.05, 4.69) is 0 Å². The third-order valence-electron chi connectivity index (χ3n) is 4.74. The van der Waals surface area contributed by atoms with Gasteiger partial charge in [-0.05, 0) is 49.4 Å². The molecule has 0 N–H and O–H groups in total. The van der Waals surface area contributed by atoms with Crippen molar-refractivity contribution in [3.63, 3.8) is 0 Å². The summed E-state index contributed by atoms with van der Waals surface area (Å²) >= 11 is 22.8. The molecule has 2 aromatic carbocycles. The molecule has 184 valence electrons. The quantitative estimate of drug-likeness (QED) is 0.470. The van der Waals surface area contributed by atoms with Gasteiger partial charge in [0.25, 0.3) is 17.7 Å². The fraction of sp³-hybridized carbons (Fsp3) is 0.182. The summed E-state index contributed by atoms with van der Waals surface area (Å²) in [5, 5.41) is -0.00104. The lowest BCUT2D eigenvalue weighted by molar-refractivity contribution is -0.132. The van der Waals surface area contributed by atoms with Gasteiger partial charge in [-0.3, -0.25) is 14.4 Å². The maximum atomic E-state index is 12.7. The molecule has 2 aliphatic rings. The Hall–Kier alpha value is -2.69. The lowest BCUT2D eigenvalue weighted by Gasteiger charge is -2.18. The molecule has 2 aromatic rings. The first kappa shape index (κ1) is 26.9. The van der Waals surface area contributed by atoms with Crippen LogP contribution in [0.25, 0.3) is 0 Å². The number of methoxy groups -OCH3 is 1. The van der Waals surface area contributed by atoms with Crippen LogP contribution >= 0.6 is 46.4 Å². The normalized spacial score (nSPS) is 19.9. The summed E-state index contributed by atoms with van der Waals surface area (Å²) in [4.78, 5) is 48.9. The van der Waals surface area contributed by atoms with Crippen LogP contribution in [0.3, 0.4) is 0 Å². The highest BCUT2D eigenvalue weighted by molar-refractivity contribution is 6.62. The topological polar surface area (TPSA) is 93.2 Å². The molecule has 0 radical (unpaired) electrons. The summed E-state index contributed by atoms with van der Waals surface area (Å²) in [5.41, 5.74) is -0.835. The Kier molecular flexibility index (Phi) is 8.08. The number of amides is 4. The first-order valence-corrected chi connectivity index (χ1v) is 11.1. The van der Waals surface area contributed by atoms with Crippen LogP contribution in [0.15, 0.2) is 52.5 Å². The van der Waals surface area contributed by atoms with Crippen LogP contribution in [-0.2, 0) is 23.9 Å². The maximum absolute atomic E-state index is 12.7. The molecule has 2 aliphatic heterocycles. The molecule has 1 atom stereocenters. The van der Waals surface area contributed by atoms with Crippen LogP contribution in [0, 0.1) is 5.82 Å². The minimum absolute atomic E-state index is 0.0254. The standard InChI is InChI=1S/C12H11Cl2NO4.C10H4Cl2FNO2/c1-12(6-18-2)10(16)15(11(17)19-12)9-4-7(13)3-8(14)5-9;11-7-8(12)10(16)14(9(7)15)6-3-1-5(13)2-4-6/h3-5H,6H2,1-2H3;1-4H. The maximum Gasteiger partial charge on any atom is 0.422 e. The van der Waals surface area contributed by atoms with Crippen molar-refractivity contribution in [3.8, 4) is 0 Å². The average Bonchev–Trinajstić information content (AvgIpc) is 3.12. The number of carbonyl (C=O) groups is 4. The second-order valence-corrected chi connectivity index (χ2v) is 8.98. The Morgan fingerprint density at radius 3 is 1.86 bits per heavy atom. The van der Waals surface area contributed by atoms with Crippen LogP contribution in [0.5, 0.6) is 0 Å². The molecule has 0 bridgehead atoms. The molecule has 0 aliphatic carbocycles. The Balaban J connectivity index is 0.000000198. The van der Waals surface area contributed by atoms with Crippen LogP contribution in [0.4, 0.5) is 20.6 Å². The molecule has 2 heterocycles. The SMILES string of the molecule is COCC1(C)OC(=O)N(c2cc(Cl)cc(Cl)c2)C1=O.O=C1C(Cl)=C(Cl)C(=O)N1c1ccc(F)cc1. The van der Waals surface area contributed by atoms with Crippen LogP contribution in [-0.4, -0.2) is 43.1 Å². The van der Waals surface area contributed by atoms with Gasteiger partial charge in [0.05, 0.1) is 18.0 Å². The van der Waals surface area contributed by atoms with E-state index in [0.717, 1.165) is 21.9 Å². The predicted molar refractivity (Wildman–Crippen MR) is 128 cm³/mol. The molecule has 1 fully saturated rings. The van der Waals surface area contributed by atoms with Crippen LogP contribution in [0.2, 0.25) is 10.0 Å². The largest absolute Gasteiger partial charge is 0.430 e. The summed E-state index contributed by atoms with van der Waals surface area (Å²) in [6.45, 7) is 1.46. The van der Waals surface area contributed by atoms with Gasteiger partial charge in [-0.1, -0.05) is 46.4 Å². The monoisotopic (exact) mass is 562 g/mol. The molecule has 0 spiro atoms. The second kappa shape index (κ2) is 10.5. The van der Waals surface area contributed by atoms with Gasteiger partial charge >= 0.3 is 6.09 Å². The molecule has 4 amide bonds. The first-order valence-electron chi connectivity index (χ1n) is 9.62. The molecular formula is C22H15Cl4FN2O6. The number of nitrogens with zero attached hydrogens (tertiary/aromatic N) is 2. The summed E-state index contributed by atoms with van der Waals surface area (Å²) in [7, 11) is 1.42. The molecule has 35 heavy (non-hydrogen) atoms. The summed E-state index contributed by atoms with van der Waals surface area (Å²) in [6.07, 6.45) is -0.775. The van der Waals surface area contributed by atoms with Gasteiger partial charge in [-0.15, -0.1) is 0 Å². The van der Waals surface area contributed by atoms with Gasteiger partial charge in [0, 0.05) is 17.2 Å². The van der Waals surface area contributed by atoms with Gasteiger partial charge < -0.3 is 9.47 Å². The number of cyclic esters (lactones) is 1. The molecule has 4 rings (SSSR count). The Morgan fingerprint density at radius 1 is 0.857 bits per heavy atom. The van der Waals surface area contributed by atoms with Crippen molar-refractivity contribution in [1.29, 1.82) is 0 Å². The zero-order valence-corrected chi connectivity index (χ0v) is 21.0. The number of ether oxygens (including phenoxy) is 2. The van der Waals surface area contributed by atoms with E-state index < -0.39 is 35.2 Å². The van der Waals surface area contributed by atoms with E-state index in [1.165, 1.54) is 44.4 Å². The highest BCUT2D eigenvalue weighted by Crippen LogP contribution is 2.33. The number of benzene rings is 2. The fourth-order valence-corrected chi connectivity index (χ4v) is 4.01. The Labute approximate surface area is 218 Å². The summed E-state index contributed by atoms with van der Waals surface area (Å²) < 4.78 is 22.6. The van der Waals surface area contributed by atoms with E-state index in [-0.39, 0.29) is 28.0 Å². The number of hydrogen-bond donors (Lipinski definition) is 0. The average molecular weight is 564 g/mol. The second-order valence-electron chi connectivity index (χ2n) is 7.35. The number of anilines is 2. The van der Waals surface area contributed by atoms with Gasteiger partial charge in [-0.25, -0.2) is 19.0 Å². The van der Waals surface area contributed by atoms with E-state index in [9.17, 15) is 23.6 Å². The van der Waals surface area contributed by atoms with E-state index in [1.807, 2.05) is 0 Å². The zero-order chi connectivity index (χ0) is 26.1. The van der Waals surface area contributed by atoms with Crippen molar-refractivity contribution in [2.24, 2.45) is 0 Å². The fourth-order valence-electron chi connectivity index (χ4n) is 3.16. The molecule has 0 aromatic heterocycles. The van der Waals surface area contributed by atoms with Gasteiger partial charge in [0.2, 0.25) is 5.60 Å². The molecular weight excluding hydrogens is 549 g/mol. The van der Waals surface area contributed by atoms with Crippen molar-refractivity contribution < 1.29 is 33.0 Å². The van der Waals surface area contributed by atoms with E-state index in [1.54, 1.807) is 0 Å². The number of rotatable bonds is 4. The van der Waals surface area contributed by atoms with Gasteiger partial charge in [0.15, 0.2) is 0 Å². The molecule has 1 unspecified atom stereocenters. The highest BCUT2D eigenvalue weighted by Gasteiger charge is 2.51. The van der Waals surface area contributed by atoms with Gasteiger partial charge in [-0.2, -0.15) is 0 Å². The molecule has 0 saturated carbocycles. The van der Waals surface area contributed by atoms with E-state index in [4.69, 9.17) is 55.9 Å². The number of halogens is 5. The third-order valence-corrected chi connectivity index (χ3v) is 5.97. The lowest BCUT2D eigenvalue weighted by atomic mass is 10.1. The Bertz CT molecular complexity index is 1210. The first-order chi connectivity index (χ1) is 16.4. The van der Waals surface area contributed by atoms with Crippen molar-refractivity contribution in [3.05, 3.63) is 68.4 Å². The molecule has 1 saturated heterocycles. The zero-order valence-electron chi connectivity index (χ0n) is 18.0. The van der Waals surface area contributed by atoms with E-state index in [0.29, 0.717) is 10.0 Å². The number of imide groups is 2. The van der Waals surface area contributed by atoms with Gasteiger partial charge in [0.1, 0.15) is 15.9 Å². The van der Waals surface area contributed by atoms with Crippen LogP contribution in [0.1, 0.15) is 6.92 Å². The summed E-state index contributed by atoms with van der Waals surface area (Å²) in [6, 6.07) is 9.30. The Morgan fingerprint density at radius 2 is 1.37 bits per heavy atom.